The maximum atomic E-state index is 12.6. The SMILES string of the molecule is Cc1ccc(NC(=O)CCS(=O)(=O)c2ccc3c(c2)NC(=O)[C@@H](C)S3)cc1. The lowest BCUT2D eigenvalue weighted by molar-refractivity contribution is -0.116. The summed E-state index contributed by atoms with van der Waals surface area (Å²) in [6.07, 6.45) is -0.147. The van der Waals surface area contributed by atoms with Crippen molar-refractivity contribution in [3.05, 3.63) is 48.0 Å². The molecule has 0 radical (unpaired) electrons. The highest BCUT2D eigenvalue weighted by atomic mass is 32.2. The molecule has 0 unspecified atom stereocenters. The summed E-state index contributed by atoms with van der Waals surface area (Å²) in [5, 5.41) is 5.19. The topological polar surface area (TPSA) is 92.3 Å². The van der Waals surface area contributed by atoms with Gasteiger partial charge in [0.25, 0.3) is 0 Å². The molecular formula is C19H20N2O4S2. The summed E-state index contributed by atoms with van der Waals surface area (Å²) in [5.41, 5.74) is 2.20. The van der Waals surface area contributed by atoms with Crippen molar-refractivity contribution < 1.29 is 18.0 Å². The maximum Gasteiger partial charge on any atom is 0.237 e. The Labute approximate surface area is 162 Å². The predicted octanol–water partition coefficient (Wildman–Crippen LogP) is 3.23. The van der Waals surface area contributed by atoms with Gasteiger partial charge in [0.15, 0.2) is 9.84 Å². The van der Waals surface area contributed by atoms with Crippen molar-refractivity contribution in [3.8, 4) is 0 Å². The highest BCUT2D eigenvalue weighted by Gasteiger charge is 2.25. The lowest BCUT2D eigenvalue weighted by Gasteiger charge is -2.21. The van der Waals surface area contributed by atoms with Gasteiger partial charge in [-0.1, -0.05) is 17.7 Å². The minimum atomic E-state index is -3.64. The van der Waals surface area contributed by atoms with Gasteiger partial charge < -0.3 is 10.6 Å². The standard InChI is InChI=1S/C19H20N2O4S2/c1-12-3-5-14(6-4-12)20-18(22)9-10-27(24,25)15-7-8-17-16(11-15)21-19(23)13(2)26-17/h3-8,11,13H,9-10H2,1-2H3,(H,20,22)(H,21,23)/t13-/m1/s1. The molecule has 1 aliphatic heterocycles. The number of benzene rings is 2. The molecule has 2 N–H and O–H groups in total. The van der Waals surface area contributed by atoms with Crippen molar-refractivity contribution in [2.45, 2.75) is 35.3 Å². The van der Waals surface area contributed by atoms with Crippen molar-refractivity contribution in [2.75, 3.05) is 16.4 Å². The average Bonchev–Trinajstić information content (AvgIpc) is 2.62. The number of rotatable bonds is 5. The van der Waals surface area contributed by atoms with Crippen LogP contribution in [-0.4, -0.2) is 31.2 Å². The number of carbonyl (C=O) groups is 2. The van der Waals surface area contributed by atoms with Crippen LogP contribution in [-0.2, 0) is 19.4 Å². The van der Waals surface area contributed by atoms with Crippen molar-refractivity contribution in [1.82, 2.24) is 0 Å². The van der Waals surface area contributed by atoms with Crippen molar-refractivity contribution in [1.29, 1.82) is 0 Å². The molecule has 6 nitrogen and oxygen atoms in total. The first-order chi connectivity index (χ1) is 12.7. The summed E-state index contributed by atoms with van der Waals surface area (Å²) < 4.78 is 25.1. The molecule has 1 aliphatic rings. The zero-order valence-electron chi connectivity index (χ0n) is 15.0. The molecule has 2 aromatic rings. The first kappa shape index (κ1) is 19.4. The fourth-order valence-electron chi connectivity index (χ4n) is 2.59. The van der Waals surface area contributed by atoms with Gasteiger partial charge in [0.2, 0.25) is 11.8 Å². The second-order valence-electron chi connectivity index (χ2n) is 6.39. The molecule has 0 aromatic heterocycles. The Hall–Kier alpha value is -2.32. The molecule has 142 valence electrons. The Bertz CT molecular complexity index is 985. The summed E-state index contributed by atoms with van der Waals surface area (Å²) in [6.45, 7) is 3.73. The number of carbonyl (C=O) groups excluding carboxylic acids is 2. The number of hydrogen-bond acceptors (Lipinski definition) is 5. The van der Waals surface area contributed by atoms with Gasteiger partial charge in [-0.2, -0.15) is 0 Å². The van der Waals surface area contributed by atoms with Gasteiger partial charge in [0.05, 0.1) is 21.6 Å². The molecule has 0 bridgehead atoms. The molecule has 3 rings (SSSR count). The number of nitrogens with one attached hydrogen (secondary N) is 2. The monoisotopic (exact) mass is 404 g/mol. The third-order valence-electron chi connectivity index (χ3n) is 4.17. The van der Waals surface area contributed by atoms with E-state index in [9.17, 15) is 18.0 Å². The van der Waals surface area contributed by atoms with Gasteiger partial charge in [0.1, 0.15) is 0 Å². The molecule has 0 aliphatic carbocycles. The number of aryl methyl sites for hydroxylation is 1. The number of hydrogen-bond donors (Lipinski definition) is 2. The maximum absolute atomic E-state index is 12.6. The molecule has 0 saturated carbocycles. The predicted molar refractivity (Wildman–Crippen MR) is 107 cm³/mol. The Kier molecular flexibility index (Phi) is 5.57. The Morgan fingerprint density at radius 1 is 1.19 bits per heavy atom. The van der Waals surface area contributed by atoms with Crippen LogP contribution in [0.4, 0.5) is 11.4 Å². The van der Waals surface area contributed by atoms with Crippen LogP contribution in [0.25, 0.3) is 0 Å². The average molecular weight is 405 g/mol. The van der Waals surface area contributed by atoms with Gasteiger partial charge in [-0.3, -0.25) is 9.59 Å². The second kappa shape index (κ2) is 7.74. The Morgan fingerprint density at radius 2 is 1.89 bits per heavy atom. The van der Waals surface area contributed by atoms with E-state index in [4.69, 9.17) is 0 Å². The van der Waals surface area contributed by atoms with Crippen LogP contribution in [0.2, 0.25) is 0 Å². The number of amides is 2. The Balaban J connectivity index is 1.66. The van der Waals surface area contributed by atoms with Crippen LogP contribution in [0.5, 0.6) is 0 Å². The van der Waals surface area contributed by atoms with E-state index < -0.39 is 9.84 Å². The lowest BCUT2D eigenvalue weighted by atomic mass is 10.2. The molecule has 27 heavy (non-hydrogen) atoms. The summed E-state index contributed by atoms with van der Waals surface area (Å²) in [7, 11) is -3.64. The molecule has 0 spiro atoms. The first-order valence-electron chi connectivity index (χ1n) is 8.45. The van der Waals surface area contributed by atoms with E-state index in [0.717, 1.165) is 10.5 Å². The molecule has 8 heteroatoms. The van der Waals surface area contributed by atoms with Crippen LogP contribution >= 0.6 is 11.8 Å². The Morgan fingerprint density at radius 3 is 2.59 bits per heavy atom. The van der Waals surface area contributed by atoms with Crippen molar-refractivity contribution in [2.24, 2.45) is 0 Å². The normalized spacial score (nSPS) is 16.4. The second-order valence-corrected chi connectivity index (χ2v) is 9.88. The number of fused-ring (bicyclic) bond motifs is 1. The lowest BCUT2D eigenvalue weighted by Crippen LogP contribution is -2.26. The van der Waals surface area contributed by atoms with E-state index in [0.29, 0.717) is 11.4 Å². The summed E-state index contributed by atoms with van der Waals surface area (Å²) >= 11 is 1.39. The van der Waals surface area contributed by atoms with E-state index in [-0.39, 0.29) is 34.1 Å². The fraction of sp³-hybridized carbons (Fsp3) is 0.263. The highest BCUT2D eigenvalue weighted by Crippen LogP contribution is 2.36. The van der Waals surface area contributed by atoms with E-state index in [1.54, 1.807) is 25.1 Å². The zero-order chi connectivity index (χ0) is 19.6. The summed E-state index contributed by atoms with van der Waals surface area (Å²) in [6, 6.07) is 11.9. The van der Waals surface area contributed by atoms with Crippen LogP contribution in [0.15, 0.2) is 52.3 Å². The van der Waals surface area contributed by atoms with E-state index in [1.807, 2.05) is 19.1 Å². The number of thioether (sulfide) groups is 1. The molecule has 0 fully saturated rings. The third-order valence-corrected chi connectivity index (χ3v) is 7.07. The first-order valence-corrected chi connectivity index (χ1v) is 11.0. The molecule has 1 atom stereocenters. The van der Waals surface area contributed by atoms with Crippen LogP contribution in [0.1, 0.15) is 18.9 Å². The number of anilines is 2. The molecular weight excluding hydrogens is 384 g/mol. The van der Waals surface area contributed by atoms with Crippen molar-refractivity contribution >= 4 is 44.8 Å². The molecule has 2 amide bonds. The highest BCUT2D eigenvalue weighted by molar-refractivity contribution is 8.01. The van der Waals surface area contributed by atoms with Gasteiger partial charge in [-0.05, 0) is 44.2 Å². The van der Waals surface area contributed by atoms with Crippen LogP contribution < -0.4 is 10.6 Å². The largest absolute Gasteiger partial charge is 0.326 e. The fourth-order valence-corrected chi connectivity index (χ4v) is 4.78. The number of sulfone groups is 1. The van der Waals surface area contributed by atoms with Crippen molar-refractivity contribution in [3.63, 3.8) is 0 Å². The van der Waals surface area contributed by atoms with Gasteiger partial charge in [-0.25, -0.2) is 8.42 Å². The minimum absolute atomic E-state index is 0.0971. The quantitative estimate of drug-likeness (QED) is 0.798. The zero-order valence-corrected chi connectivity index (χ0v) is 16.6. The van der Waals surface area contributed by atoms with Gasteiger partial charge in [-0.15, -0.1) is 11.8 Å². The minimum Gasteiger partial charge on any atom is -0.326 e. The molecule has 1 heterocycles. The van der Waals surface area contributed by atoms with Crippen LogP contribution in [0, 0.1) is 6.92 Å². The van der Waals surface area contributed by atoms with Gasteiger partial charge in [0, 0.05) is 17.0 Å². The van der Waals surface area contributed by atoms with E-state index in [2.05, 4.69) is 10.6 Å². The third kappa shape index (κ3) is 4.70. The summed E-state index contributed by atoms with van der Waals surface area (Å²) in [4.78, 5) is 24.8. The van der Waals surface area contributed by atoms with E-state index in [1.165, 1.54) is 23.9 Å². The van der Waals surface area contributed by atoms with E-state index >= 15 is 0 Å². The smallest absolute Gasteiger partial charge is 0.237 e. The van der Waals surface area contributed by atoms with Gasteiger partial charge >= 0.3 is 0 Å². The molecule has 2 aromatic carbocycles. The molecule has 0 saturated heterocycles. The summed E-state index contributed by atoms with van der Waals surface area (Å²) in [5.74, 6) is -0.821. The van der Waals surface area contributed by atoms with Crippen LogP contribution in [0.3, 0.4) is 0 Å².